The monoisotopic (exact) mass is 262 g/mol. The van der Waals surface area contributed by atoms with E-state index in [0.29, 0.717) is 5.69 Å². The molecule has 1 N–H and O–H groups in total. The number of hydrogen-bond donors (Lipinski definition) is 1. The van der Waals surface area contributed by atoms with Gasteiger partial charge in [0.25, 0.3) is 5.91 Å². The molecule has 3 rings (SSSR count). The number of rotatable bonds is 2. The standard InChI is InChI=1S/C12H14N4OS/c1-2-10-8-4-6-18-11(8)3-5-16(10)12(17)9-7-13-15-14-9/h4,6-7,10H,2-3,5H2,1H3,(H,13,14,15). The zero-order valence-electron chi connectivity index (χ0n) is 10.1. The van der Waals surface area contributed by atoms with Gasteiger partial charge in [-0.3, -0.25) is 4.79 Å². The zero-order chi connectivity index (χ0) is 12.5. The molecule has 18 heavy (non-hydrogen) atoms. The number of aromatic amines is 1. The minimum atomic E-state index is -0.0348. The fourth-order valence-corrected chi connectivity index (χ4v) is 3.46. The molecule has 2 aromatic rings. The Labute approximate surface area is 109 Å². The van der Waals surface area contributed by atoms with Crippen LogP contribution in [0, 0.1) is 0 Å². The van der Waals surface area contributed by atoms with Gasteiger partial charge in [-0.1, -0.05) is 6.92 Å². The van der Waals surface area contributed by atoms with E-state index in [-0.39, 0.29) is 11.9 Å². The van der Waals surface area contributed by atoms with E-state index in [1.54, 1.807) is 11.3 Å². The maximum Gasteiger partial charge on any atom is 0.276 e. The summed E-state index contributed by atoms with van der Waals surface area (Å²) in [4.78, 5) is 15.7. The molecule has 1 atom stereocenters. The van der Waals surface area contributed by atoms with Crippen molar-refractivity contribution in [3.05, 3.63) is 33.8 Å². The zero-order valence-corrected chi connectivity index (χ0v) is 10.9. The van der Waals surface area contributed by atoms with Gasteiger partial charge in [0, 0.05) is 11.4 Å². The summed E-state index contributed by atoms with van der Waals surface area (Å²) in [5, 5.41) is 12.2. The van der Waals surface area contributed by atoms with Crippen LogP contribution in [0.25, 0.3) is 0 Å². The van der Waals surface area contributed by atoms with Crippen LogP contribution < -0.4 is 0 Å². The third-order valence-corrected chi connectivity index (χ3v) is 4.37. The normalized spacial score (nSPS) is 18.7. The van der Waals surface area contributed by atoms with E-state index < -0.39 is 0 Å². The van der Waals surface area contributed by atoms with E-state index in [9.17, 15) is 4.79 Å². The van der Waals surface area contributed by atoms with Gasteiger partial charge in [-0.2, -0.15) is 15.4 Å². The number of H-pyrrole nitrogens is 1. The van der Waals surface area contributed by atoms with Crippen LogP contribution in [-0.2, 0) is 6.42 Å². The van der Waals surface area contributed by atoms with Crippen LogP contribution in [0.3, 0.4) is 0 Å². The Hall–Kier alpha value is -1.69. The van der Waals surface area contributed by atoms with Crippen LogP contribution in [0.2, 0.25) is 0 Å². The van der Waals surface area contributed by atoms with E-state index in [1.807, 2.05) is 4.90 Å². The number of carbonyl (C=O) groups excluding carboxylic acids is 1. The molecular weight excluding hydrogens is 248 g/mol. The summed E-state index contributed by atoms with van der Waals surface area (Å²) in [5.41, 5.74) is 1.69. The molecule has 1 aliphatic heterocycles. The number of thiophene rings is 1. The number of aromatic nitrogens is 3. The Bertz CT molecular complexity index is 548. The number of fused-ring (bicyclic) bond motifs is 1. The first-order valence-corrected chi connectivity index (χ1v) is 6.92. The Morgan fingerprint density at radius 3 is 3.28 bits per heavy atom. The molecule has 94 valence electrons. The molecule has 0 bridgehead atoms. The van der Waals surface area contributed by atoms with Crippen molar-refractivity contribution in [2.45, 2.75) is 25.8 Å². The maximum absolute atomic E-state index is 12.4. The molecule has 0 spiro atoms. The number of nitrogens with one attached hydrogen (secondary N) is 1. The molecule has 3 heterocycles. The van der Waals surface area contributed by atoms with Crippen LogP contribution in [0.4, 0.5) is 0 Å². The minimum Gasteiger partial charge on any atom is -0.330 e. The molecule has 0 saturated heterocycles. The summed E-state index contributed by atoms with van der Waals surface area (Å²) < 4.78 is 0. The first-order valence-electron chi connectivity index (χ1n) is 6.04. The Morgan fingerprint density at radius 1 is 1.67 bits per heavy atom. The molecule has 0 radical (unpaired) electrons. The summed E-state index contributed by atoms with van der Waals surface area (Å²) in [7, 11) is 0. The van der Waals surface area contributed by atoms with Crippen LogP contribution >= 0.6 is 11.3 Å². The van der Waals surface area contributed by atoms with Gasteiger partial charge >= 0.3 is 0 Å². The van der Waals surface area contributed by atoms with Gasteiger partial charge < -0.3 is 4.90 Å². The molecule has 1 aliphatic rings. The first-order chi connectivity index (χ1) is 8.81. The van der Waals surface area contributed by atoms with E-state index in [4.69, 9.17) is 0 Å². The summed E-state index contributed by atoms with van der Waals surface area (Å²) in [5.74, 6) is -0.0348. The third-order valence-electron chi connectivity index (χ3n) is 3.38. The molecule has 1 amide bonds. The molecule has 0 saturated carbocycles. The summed E-state index contributed by atoms with van der Waals surface area (Å²) in [6.45, 7) is 2.87. The molecule has 6 heteroatoms. The second-order valence-corrected chi connectivity index (χ2v) is 5.33. The van der Waals surface area contributed by atoms with Crippen molar-refractivity contribution >= 4 is 17.2 Å². The van der Waals surface area contributed by atoms with Crippen LogP contribution in [-0.4, -0.2) is 32.8 Å². The van der Waals surface area contributed by atoms with E-state index in [0.717, 1.165) is 19.4 Å². The van der Waals surface area contributed by atoms with Gasteiger partial charge in [0.15, 0.2) is 5.69 Å². The van der Waals surface area contributed by atoms with Crippen molar-refractivity contribution in [2.75, 3.05) is 6.54 Å². The van der Waals surface area contributed by atoms with Gasteiger partial charge in [0.1, 0.15) is 0 Å². The van der Waals surface area contributed by atoms with E-state index >= 15 is 0 Å². The summed E-state index contributed by atoms with van der Waals surface area (Å²) >= 11 is 1.78. The molecule has 0 aliphatic carbocycles. The SMILES string of the molecule is CCC1c2ccsc2CCN1C(=O)c1cn[nH]n1. The molecule has 1 unspecified atom stereocenters. The van der Waals surface area contributed by atoms with Gasteiger partial charge in [-0.05, 0) is 29.9 Å². The number of hydrogen-bond acceptors (Lipinski definition) is 4. The van der Waals surface area contributed by atoms with E-state index in [1.165, 1.54) is 16.6 Å². The van der Waals surface area contributed by atoms with Crippen LogP contribution in [0.5, 0.6) is 0 Å². The van der Waals surface area contributed by atoms with Crippen molar-refractivity contribution in [3.8, 4) is 0 Å². The quantitative estimate of drug-likeness (QED) is 0.900. The highest BCUT2D eigenvalue weighted by Gasteiger charge is 2.31. The lowest BCUT2D eigenvalue weighted by Crippen LogP contribution is -2.39. The second kappa shape index (κ2) is 4.53. The first kappa shape index (κ1) is 11.4. The highest BCUT2D eigenvalue weighted by atomic mass is 32.1. The average Bonchev–Trinajstić information content (AvgIpc) is 3.06. The van der Waals surface area contributed by atoms with Crippen molar-refractivity contribution < 1.29 is 4.79 Å². The van der Waals surface area contributed by atoms with E-state index in [2.05, 4.69) is 33.8 Å². The molecule has 2 aromatic heterocycles. The van der Waals surface area contributed by atoms with Gasteiger partial charge in [-0.15, -0.1) is 11.3 Å². The highest BCUT2D eigenvalue weighted by Crippen LogP contribution is 2.35. The van der Waals surface area contributed by atoms with Crippen LogP contribution in [0.15, 0.2) is 17.6 Å². The lowest BCUT2D eigenvalue weighted by molar-refractivity contribution is 0.0651. The third kappa shape index (κ3) is 1.73. The lowest BCUT2D eigenvalue weighted by Gasteiger charge is -2.34. The molecular formula is C12H14N4OS. The predicted octanol–water partition coefficient (Wildman–Crippen LogP) is 2.02. The minimum absolute atomic E-state index is 0.0348. The van der Waals surface area contributed by atoms with Crippen molar-refractivity contribution in [1.29, 1.82) is 0 Å². The fourth-order valence-electron chi connectivity index (χ4n) is 2.53. The topological polar surface area (TPSA) is 61.9 Å². The number of nitrogens with zero attached hydrogens (tertiary/aromatic N) is 3. The summed E-state index contributed by atoms with van der Waals surface area (Å²) in [6.07, 6.45) is 3.35. The molecule has 5 nitrogen and oxygen atoms in total. The molecule has 0 aromatic carbocycles. The predicted molar refractivity (Wildman–Crippen MR) is 68.5 cm³/mol. The molecule has 0 fully saturated rings. The van der Waals surface area contributed by atoms with Gasteiger partial charge in [0.05, 0.1) is 12.2 Å². The van der Waals surface area contributed by atoms with Gasteiger partial charge in [-0.25, -0.2) is 0 Å². The second-order valence-electron chi connectivity index (χ2n) is 4.33. The maximum atomic E-state index is 12.4. The number of carbonyl (C=O) groups is 1. The number of amides is 1. The van der Waals surface area contributed by atoms with Crippen LogP contribution in [0.1, 0.15) is 40.3 Å². The summed E-state index contributed by atoms with van der Waals surface area (Å²) in [6, 6.07) is 2.31. The lowest BCUT2D eigenvalue weighted by atomic mass is 9.97. The fraction of sp³-hybridized carbons (Fsp3) is 0.417. The van der Waals surface area contributed by atoms with Gasteiger partial charge in [0.2, 0.25) is 0 Å². The van der Waals surface area contributed by atoms with Crippen molar-refractivity contribution in [3.63, 3.8) is 0 Å². The average molecular weight is 262 g/mol. The Morgan fingerprint density at radius 2 is 2.56 bits per heavy atom. The van der Waals surface area contributed by atoms with Crippen molar-refractivity contribution in [2.24, 2.45) is 0 Å². The smallest absolute Gasteiger partial charge is 0.276 e. The van der Waals surface area contributed by atoms with Crippen molar-refractivity contribution in [1.82, 2.24) is 20.3 Å². The largest absolute Gasteiger partial charge is 0.330 e. The Kier molecular flexibility index (Phi) is 2.87. The highest BCUT2D eigenvalue weighted by molar-refractivity contribution is 7.10. The Balaban J connectivity index is 1.92.